The quantitative estimate of drug-likeness (QED) is 0.720. The van der Waals surface area contributed by atoms with Crippen molar-refractivity contribution in [3.05, 3.63) is 54.1 Å². The minimum absolute atomic E-state index is 0.166. The molecule has 156 valence electrons. The van der Waals surface area contributed by atoms with E-state index in [0.717, 1.165) is 5.56 Å². The highest BCUT2D eigenvalue weighted by Gasteiger charge is 2.32. The molecule has 3 rings (SSSR count). The Morgan fingerprint density at radius 3 is 2.24 bits per heavy atom. The molecule has 0 aliphatic carbocycles. The zero-order chi connectivity index (χ0) is 21.0. The number of piperazine rings is 1. The first kappa shape index (κ1) is 21.1. The number of nitrogens with zero attached hydrogens (tertiary/aromatic N) is 2. The third-order valence-electron chi connectivity index (χ3n) is 4.91. The van der Waals surface area contributed by atoms with Gasteiger partial charge in [0.05, 0.1) is 12.0 Å². The largest absolute Gasteiger partial charge is 0.497 e. The lowest BCUT2D eigenvalue weighted by Crippen LogP contribution is -2.53. The summed E-state index contributed by atoms with van der Waals surface area (Å²) in [5.41, 5.74) is 1.00. The van der Waals surface area contributed by atoms with Crippen LogP contribution in [0.2, 0.25) is 0 Å². The van der Waals surface area contributed by atoms with E-state index in [2.05, 4.69) is 0 Å². The second-order valence-electron chi connectivity index (χ2n) is 6.98. The highest BCUT2D eigenvalue weighted by Crippen LogP contribution is 2.22. The van der Waals surface area contributed by atoms with Crippen molar-refractivity contribution in [2.24, 2.45) is 0 Å². The summed E-state index contributed by atoms with van der Waals surface area (Å²) in [7, 11) is -1.99. The van der Waals surface area contributed by atoms with Gasteiger partial charge < -0.3 is 14.4 Å². The molecular formula is C21H26N2O5S. The number of benzene rings is 2. The lowest BCUT2D eigenvalue weighted by molar-refractivity contribution is -0.139. The molecule has 0 N–H and O–H groups in total. The Morgan fingerprint density at radius 1 is 1.00 bits per heavy atom. The molecule has 1 atom stereocenters. The Morgan fingerprint density at radius 2 is 1.62 bits per heavy atom. The molecule has 0 saturated carbocycles. The van der Waals surface area contributed by atoms with Gasteiger partial charge in [0, 0.05) is 32.2 Å². The molecule has 1 heterocycles. The smallest absolute Gasteiger partial charge is 0.263 e. The number of hydrogen-bond donors (Lipinski definition) is 0. The molecule has 7 nitrogen and oxygen atoms in total. The van der Waals surface area contributed by atoms with Gasteiger partial charge in [-0.2, -0.15) is 4.31 Å². The first-order valence-corrected chi connectivity index (χ1v) is 10.9. The Labute approximate surface area is 171 Å². The van der Waals surface area contributed by atoms with Crippen molar-refractivity contribution in [1.29, 1.82) is 0 Å². The van der Waals surface area contributed by atoms with Crippen LogP contribution in [0.15, 0.2) is 53.4 Å². The topological polar surface area (TPSA) is 76.2 Å². The van der Waals surface area contributed by atoms with Crippen molar-refractivity contribution in [2.45, 2.75) is 24.8 Å². The summed E-state index contributed by atoms with van der Waals surface area (Å²) >= 11 is 0. The van der Waals surface area contributed by atoms with Crippen LogP contribution in [0, 0.1) is 6.92 Å². The lowest BCUT2D eigenvalue weighted by atomic mass is 10.2. The van der Waals surface area contributed by atoms with Crippen LogP contribution in [0.5, 0.6) is 11.5 Å². The minimum Gasteiger partial charge on any atom is -0.497 e. The van der Waals surface area contributed by atoms with Crippen molar-refractivity contribution < 1.29 is 22.7 Å². The second kappa shape index (κ2) is 8.84. The molecule has 0 spiro atoms. The molecule has 29 heavy (non-hydrogen) atoms. The summed E-state index contributed by atoms with van der Waals surface area (Å²) in [5.74, 6) is 1.03. The van der Waals surface area contributed by atoms with Crippen LogP contribution in [0.1, 0.15) is 12.5 Å². The van der Waals surface area contributed by atoms with E-state index in [4.69, 9.17) is 9.47 Å². The van der Waals surface area contributed by atoms with Crippen molar-refractivity contribution in [2.75, 3.05) is 33.3 Å². The number of aryl methyl sites for hydroxylation is 1. The monoisotopic (exact) mass is 418 g/mol. The molecule has 1 amide bonds. The standard InChI is InChI=1S/C21H26N2O5S/c1-16-7-9-20(10-8-16)29(25,26)23-13-11-22(12-14-23)21(24)17(2)28-19-6-4-5-18(15-19)27-3/h4-10,15,17H,11-14H2,1-3H3. The maximum atomic E-state index is 12.8. The van der Waals surface area contributed by atoms with Gasteiger partial charge >= 0.3 is 0 Å². The molecule has 8 heteroatoms. The molecular weight excluding hydrogens is 392 g/mol. The van der Waals surface area contributed by atoms with Crippen molar-refractivity contribution in [1.82, 2.24) is 9.21 Å². The van der Waals surface area contributed by atoms with Crippen LogP contribution >= 0.6 is 0 Å². The first-order valence-electron chi connectivity index (χ1n) is 9.47. The predicted octanol–water partition coefficient (Wildman–Crippen LogP) is 2.30. The van der Waals surface area contributed by atoms with Gasteiger partial charge in [0.2, 0.25) is 10.0 Å². The maximum Gasteiger partial charge on any atom is 0.263 e. The Kier molecular flexibility index (Phi) is 6.44. The Bertz CT molecular complexity index is 951. The molecule has 0 radical (unpaired) electrons. The molecule has 1 aliphatic rings. The van der Waals surface area contributed by atoms with E-state index in [9.17, 15) is 13.2 Å². The number of carbonyl (C=O) groups is 1. The van der Waals surface area contributed by atoms with Gasteiger partial charge in [-0.1, -0.05) is 23.8 Å². The van der Waals surface area contributed by atoms with Crippen molar-refractivity contribution in [3.63, 3.8) is 0 Å². The third-order valence-corrected chi connectivity index (χ3v) is 6.82. The van der Waals surface area contributed by atoms with E-state index in [1.165, 1.54) is 4.31 Å². The molecule has 1 fully saturated rings. The predicted molar refractivity (Wildman–Crippen MR) is 110 cm³/mol. The molecule has 2 aromatic rings. The van der Waals surface area contributed by atoms with Gasteiger partial charge in [-0.3, -0.25) is 4.79 Å². The minimum atomic E-state index is -3.55. The molecule has 0 bridgehead atoms. The van der Waals surface area contributed by atoms with Crippen molar-refractivity contribution >= 4 is 15.9 Å². The molecule has 2 aromatic carbocycles. The normalized spacial score (nSPS) is 16.3. The fraction of sp³-hybridized carbons (Fsp3) is 0.381. The molecule has 1 aliphatic heterocycles. The van der Waals surface area contributed by atoms with Gasteiger partial charge in [0.1, 0.15) is 11.5 Å². The van der Waals surface area contributed by atoms with Gasteiger partial charge in [-0.05, 0) is 38.1 Å². The fourth-order valence-corrected chi connectivity index (χ4v) is 4.62. The maximum absolute atomic E-state index is 12.8. The number of ether oxygens (including phenoxy) is 2. The van der Waals surface area contributed by atoms with Gasteiger partial charge in [0.15, 0.2) is 6.10 Å². The Balaban J connectivity index is 1.59. The van der Waals surface area contributed by atoms with E-state index in [-0.39, 0.29) is 23.9 Å². The summed E-state index contributed by atoms with van der Waals surface area (Å²) < 4.78 is 37.9. The van der Waals surface area contributed by atoms with Crippen LogP contribution in [-0.4, -0.2) is 62.9 Å². The summed E-state index contributed by atoms with van der Waals surface area (Å²) in [6.07, 6.45) is -0.678. The summed E-state index contributed by atoms with van der Waals surface area (Å²) in [6, 6.07) is 13.9. The number of carbonyl (C=O) groups excluding carboxylic acids is 1. The summed E-state index contributed by atoms with van der Waals surface area (Å²) in [4.78, 5) is 14.6. The summed E-state index contributed by atoms with van der Waals surface area (Å²) in [6.45, 7) is 4.78. The fourth-order valence-electron chi connectivity index (χ4n) is 3.19. The average Bonchev–Trinajstić information content (AvgIpc) is 2.73. The SMILES string of the molecule is COc1cccc(OC(C)C(=O)N2CCN(S(=O)(=O)c3ccc(C)cc3)CC2)c1. The van der Waals surface area contributed by atoms with Crippen LogP contribution < -0.4 is 9.47 Å². The first-order chi connectivity index (χ1) is 13.8. The van der Waals surface area contributed by atoms with E-state index in [1.807, 2.05) is 6.92 Å². The average molecular weight is 419 g/mol. The van der Waals surface area contributed by atoms with E-state index >= 15 is 0 Å². The molecule has 1 saturated heterocycles. The number of amides is 1. The number of sulfonamides is 1. The number of rotatable bonds is 6. The van der Waals surface area contributed by atoms with Gasteiger partial charge in [-0.15, -0.1) is 0 Å². The van der Waals surface area contributed by atoms with Gasteiger partial charge in [0.25, 0.3) is 5.91 Å². The number of hydrogen-bond acceptors (Lipinski definition) is 5. The van der Waals surface area contributed by atoms with Crippen LogP contribution in [-0.2, 0) is 14.8 Å². The Hall–Kier alpha value is -2.58. The van der Waals surface area contributed by atoms with Crippen molar-refractivity contribution in [3.8, 4) is 11.5 Å². The van der Waals surface area contributed by atoms with E-state index < -0.39 is 16.1 Å². The second-order valence-corrected chi connectivity index (χ2v) is 8.92. The van der Waals surface area contributed by atoms with E-state index in [1.54, 1.807) is 67.5 Å². The van der Waals surface area contributed by atoms with E-state index in [0.29, 0.717) is 24.6 Å². The molecule has 0 aromatic heterocycles. The summed E-state index contributed by atoms with van der Waals surface area (Å²) in [5, 5.41) is 0. The van der Waals surface area contributed by atoms with Crippen LogP contribution in [0.3, 0.4) is 0 Å². The van der Waals surface area contributed by atoms with Crippen LogP contribution in [0.4, 0.5) is 0 Å². The molecule has 1 unspecified atom stereocenters. The third kappa shape index (κ3) is 4.89. The van der Waals surface area contributed by atoms with Gasteiger partial charge in [-0.25, -0.2) is 8.42 Å². The lowest BCUT2D eigenvalue weighted by Gasteiger charge is -2.35. The highest BCUT2D eigenvalue weighted by molar-refractivity contribution is 7.89. The number of methoxy groups -OCH3 is 1. The zero-order valence-electron chi connectivity index (χ0n) is 16.9. The van der Waals surface area contributed by atoms with Crippen LogP contribution in [0.25, 0.3) is 0 Å². The highest BCUT2D eigenvalue weighted by atomic mass is 32.2. The zero-order valence-corrected chi connectivity index (χ0v) is 17.7.